The Morgan fingerprint density at radius 3 is 2.71 bits per heavy atom. The molecule has 0 aliphatic carbocycles. The molecule has 3 aromatic heterocycles. The lowest BCUT2D eigenvalue weighted by Crippen LogP contribution is -2.49. The molecule has 5 rings (SSSR count). The van der Waals surface area contributed by atoms with E-state index in [1.54, 1.807) is 29.9 Å². The van der Waals surface area contributed by atoms with Crippen LogP contribution in [0.15, 0.2) is 42.7 Å². The van der Waals surface area contributed by atoms with Gasteiger partial charge in [-0.1, -0.05) is 6.92 Å². The van der Waals surface area contributed by atoms with Gasteiger partial charge in [0.15, 0.2) is 5.65 Å². The number of nitrogens with zero attached hydrogens (tertiary/aromatic N) is 6. The van der Waals surface area contributed by atoms with E-state index in [0.29, 0.717) is 43.7 Å². The Hall–Kier alpha value is -3.75. The molecule has 0 saturated carbocycles. The Labute approximate surface area is 197 Å². The summed E-state index contributed by atoms with van der Waals surface area (Å²) in [5.74, 6) is 1.54. The van der Waals surface area contributed by atoms with Gasteiger partial charge >= 0.3 is 0 Å². The van der Waals surface area contributed by atoms with Gasteiger partial charge in [0, 0.05) is 61.4 Å². The molecule has 0 radical (unpaired) electrons. The molecule has 1 atom stereocenters. The predicted octanol–water partition coefficient (Wildman–Crippen LogP) is 3.96. The quantitative estimate of drug-likeness (QED) is 0.485. The number of hydrogen-bond acceptors (Lipinski definition) is 6. The number of aryl methyl sites for hydroxylation is 1. The van der Waals surface area contributed by atoms with Gasteiger partial charge in [-0.25, -0.2) is 14.4 Å². The second-order valence-electron chi connectivity index (χ2n) is 8.66. The van der Waals surface area contributed by atoms with E-state index in [9.17, 15) is 9.18 Å². The molecule has 1 fully saturated rings. The number of halogens is 1. The Morgan fingerprint density at radius 2 is 1.94 bits per heavy atom. The van der Waals surface area contributed by atoms with Gasteiger partial charge < -0.3 is 15.1 Å². The van der Waals surface area contributed by atoms with Gasteiger partial charge in [-0.15, -0.1) is 0 Å². The lowest BCUT2D eigenvalue weighted by molar-refractivity contribution is -0.131. The predicted molar refractivity (Wildman–Crippen MR) is 131 cm³/mol. The second kappa shape index (κ2) is 8.89. The number of aromatic nitrogens is 4. The third-order valence-corrected chi connectivity index (χ3v) is 6.54. The smallest absolute Gasteiger partial charge is 0.222 e. The number of amides is 1. The maximum absolute atomic E-state index is 14.3. The van der Waals surface area contributed by atoms with Crippen LogP contribution in [-0.2, 0) is 4.79 Å². The normalized spacial score (nSPS) is 15.2. The largest absolute Gasteiger partial charge is 0.363 e. The highest BCUT2D eigenvalue weighted by atomic mass is 19.1. The molecule has 4 heterocycles. The van der Waals surface area contributed by atoms with E-state index in [-0.39, 0.29) is 17.8 Å². The summed E-state index contributed by atoms with van der Waals surface area (Å²) in [4.78, 5) is 25.6. The molecule has 1 aliphatic rings. The number of pyridine rings is 1. The molecule has 0 unspecified atom stereocenters. The van der Waals surface area contributed by atoms with E-state index < -0.39 is 0 Å². The van der Waals surface area contributed by atoms with Gasteiger partial charge in [0.25, 0.3) is 0 Å². The topological polar surface area (TPSA) is 78.7 Å². The zero-order valence-electron chi connectivity index (χ0n) is 19.6. The minimum atomic E-state index is -0.263. The van der Waals surface area contributed by atoms with Crippen molar-refractivity contribution in [2.45, 2.75) is 33.2 Å². The highest BCUT2D eigenvalue weighted by Gasteiger charge is 2.25. The number of carbonyl (C=O) groups excluding carboxylic acids is 1. The van der Waals surface area contributed by atoms with Crippen LogP contribution in [0, 0.1) is 12.7 Å². The third-order valence-electron chi connectivity index (χ3n) is 6.54. The SMILES string of the molecule is CCC(=O)N1CCN(c2nc3c(C)c(F)ccc3cc2[C@H](C)Nc2ccnc3ccnn23)CC1. The van der Waals surface area contributed by atoms with Crippen molar-refractivity contribution in [1.82, 2.24) is 24.5 Å². The summed E-state index contributed by atoms with van der Waals surface area (Å²) in [5, 5.41) is 8.81. The van der Waals surface area contributed by atoms with E-state index in [1.165, 1.54) is 6.07 Å². The molecule has 0 bridgehead atoms. The van der Waals surface area contributed by atoms with Crippen molar-refractivity contribution in [1.29, 1.82) is 0 Å². The molecule has 1 aromatic carbocycles. The van der Waals surface area contributed by atoms with Crippen molar-refractivity contribution < 1.29 is 9.18 Å². The number of benzene rings is 1. The monoisotopic (exact) mass is 461 g/mol. The van der Waals surface area contributed by atoms with Crippen LogP contribution in [0.4, 0.5) is 16.0 Å². The summed E-state index contributed by atoms with van der Waals surface area (Å²) < 4.78 is 16.1. The summed E-state index contributed by atoms with van der Waals surface area (Å²) in [6.07, 6.45) is 3.98. The van der Waals surface area contributed by atoms with Gasteiger partial charge in [0.2, 0.25) is 5.91 Å². The fourth-order valence-corrected chi connectivity index (χ4v) is 4.57. The standard InChI is InChI=1S/C25H28FN7O/c1-4-23(34)31-11-13-32(14-12-31)25-19(15-18-5-6-20(26)16(2)24(18)30-25)17(3)29-22-7-9-27-21-8-10-28-33(21)22/h5-10,15,17,29H,4,11-14H2,1-3H3/t17-/m0/s1. The molecule has 0 spiro atoms. The van der Waals surface area contributed by atoms with E-state index in [4.69, 9.17) is 4.98 Å². The van der Waals surface area contributed by atoms with E-state index >= 15 is 0 Å². The van der Waals surface area contributed by atoms with Crippen molar-refractivity contribution in [2.75, 3.05) is 36.4 Å². The first-order valence-corrected chi connectivity index (χ1v) is 11.6. The highest BCUT2D eigenvalue weighted by Crippen LogP contribution is 2.33. The maximum Gasteiger partial charge on any atom is 0.222 e. The Bertz CT molecular complexity index is 1360. The van der Waals surface area contributed by atoms with Crippen molar-refractivity contribution in [3.8, 4) is 0 Å². The molecule has 34 heavy (non-hydrogen) atoms. The van der Waals surface area contributed by atoms with Crippen LogP contribution in [0.5, 0.6) is 0 Å². The molecule has 176 valence electrons. The second-order valence-corrected chi connectivity index (χ2v) is 8.66. The highest BCUT2D eigenvalue weighted by molar-refractivity contribution is 5.85. The molecule has 1 saturated heterocycles. The number of anilines is 2. The van der Waals surface area contributed by atoms with Gasteiger partial charge in [0.05, 0.1) is 17.8 Å². The fraction of sp³-hybridized carbons (Fsp3) is 0.360. The summed E-state index contributed by atoms with van der Waals surface area (Å²) in [6.45, 7) is 8.38. The summed E-state index contributed by atoms with van der Waals surface area (Å²) >= 11 is 0. The van der Waals surface area contributed by atoms with E-state index in [0.717, 1.165) is 28.2 Å². The van der Waals surface area contributed by atoms with Crippen molar-refractivity contribution in [2.24, 2.45) is 0 Å². The van der Waals surface area contributed by atoms with Crippen molar-refractivity contribution >= 4 is 34.1 Å². The summed E-state index contributed by atoms with van der Waals surface area (Å²) in [6, 6.07) is 8.99. The van der Waals surface area contributed by atoms with Crippen LogP contribution in [0.2, 0.25) is 0 Å². The number of nitrogens with one attached hydrogen (secondary N) is 1. The van der Waals surface area contributed by atoms with Gasteiger partial charge in [-0.2, -0.15) is 9.61 Å². The molecule has 9 heteroatoms. The van der Waals surface area contributed by atoms with Crippen LogP contribution in [0.25, 0.3) is 16.6 Å². The summed E-state index contributed by atoms with van der Waals surface area (Å²) in [5.41, 5.74) is 2.97. The number of fused-ring (bicyclic) bond motifs is 2. The van der Waals surface area contributed by atoms with Gasteiger partial charge in [-0.3, -0.25) is 4.79 Å². The molecule has 1 N–H and O–H groups in total. The van der Waals surface area contributed by atoms with Crippen LogP contribution in [0.1, 0.15) is 37.4 Å². The number of hydrogen-bond donors (Lipinski definition) is 1. The first-order chi connectivity index (χ1) is 16.5. The minimum Gasteiger partial charge on any atom is -0.363 e. The molecular formula is C25H28FN7O. The molecule has 1 aliphatic heterocycles. The molecule has 8 nitrogen and oxygen atoms in total. The van der Waals surface area contributed by atoms with E-state index in [1.807, 2.05) is 24.0 Å². The lowest BCUT2D eigenvalue weighted by Gasteiger charge is -2.37. The first-order valence-electron chi connectivity index (χ1n) is 11.6. The Morgan fingerprint density at radius 1 is 1.15 bits per heavy atom. The van der Waals surface area contributed by atoms with Crippen LogP contribution < -0.4 is 10.2 Å². The Balaban J connectivity index is 1.54. The van der Waals surface area contributed by atoms with Gasteiger partial charge in [-0.05, 0) is 38.1 Å². The molecule has 1 amide bonds. The zero-order chi connectivity index (χ0) is 23.8. The van der Waals surface area contributed by atoms with E-state index in [2.05, 4.69) is 33.3 Å². The van der Waals surface area contributed by atoms with Gasteiger partial charge in [0.1, 0.15) is 17.5 Å². The third kappa shape index (κ3) is 3.91. The average Bonchev–Trinajstić information content (AvgIpc) is 3.35. The lowest BCUT2D eigenvalue weighted by atomic mass is 10.0. The fourth-order valence-electron chi connectivity index (χ4n) is 4.57. The van der Waals surface area contributed by atoms with Crippen LogP contribution in [-0.4, -0.2) is 56.6 Å². The Kier molecular flexibility index (Phi) is 5.77. The zero-order valence-corrected chi connectivity index (χ0v) is 19.6. The number of piperazine rings is 1. The summed E-state index contributed by atoms with van der Waals surface area (Å²) in [7, 11) is 0. The average molecular weight is 462 g/mol. The molecule has 4 aromatic rings. The first kappa shape index (κ1) is 22.1. The minimum absolute atomic E-state index is 0.109. The maximum atomic E-state index is 14.3. The van der Waals surface area contributed by atoms with Crippen molar-refractivity contribution in [3.05, 3.63) is 59.7 Å². The number of carbonyl (C=O) groups is 1. The van der Waals surface area contributed by atoms with Crippen LogP contribution in [0.3, 0.4) is 0 Å². The van der Waals surface area contributed by atoms with Crippen LogP contribution >= 0.6 is 0 Å². The number of rotatable bonds is 5. The molecular weight excluding hydrogens is 433 g/mol. The van der Waals surface area contributed by atoms with Crippen molar-refractivity contribution in [3.63, 3.8) is 0 Å².